The maximum absolute atomic E-state index is 12.9. The number of anilines is 1. The van der Waals surface area contributed by atoms with E-state index in [0.717, 1.165) is 11.3 Å². The molecule has 160 valence electrons. The molecule has 1 amide bonds. The van der Waals surface area contributed by atoms with Crippen LogP contribution in [0.25, 0.3) is 0 Å². The second kappa shape index (κ2) is 9.82. The standard InChI is InChI=1S/C24H21Cl3N2O2/c25-18-8-6-17(7-9-18)23-15-28(24(30)16-31-20-4-2-1-3-5-20)12-13-29(23)22-11-10-19(26)14-21(22)27/h1-11,14,23H,12-13,15-16H2/t23-/m0/s1. The van der Waals surface area contributed by atoms with Gasteiger partial charge in [-0.05, 0) is 48.0 Å². The fourth-order valence-corrected chi connectivity index (χ4v) is 4.38. The first kappa shape index (κ1) is 21.8. The number of ether oxygens (including phenoxy) is 1. The first-order chi connectivity index (χ1) is 15.0. The van der Waals surface area contributed by atoms with Gasteiger partial charge >= 0.3 is 0 Å². The number of hydrogen-bond acceptors (Lipinski definition) is 3. The van der Waals surface area contributed by atoms with E-state index in [2.05, 4.69) is 4.90 Å². The minimum absolute atomic E-state index is 0.000940. The second-order valence-corrected chi connectivity index (χ2v) is 8.58. The largest absolute Gasteiger partial charge is 0.484 e. The minimum atomic E-state index is -0.0784. The smallest absolute Gasteiger partial charge is 0.260 e. The van der Waals surface area contributed by atoms with Crippen LogP contribution in [0.3, 0.4) is 0 Å². The van der Waals surface area contributed by atoms with Crippen LogP contribution >= 0.6 is 34.8 Å². The van der Waals surface area contributed by atoms with Crippen molar-refractivity contribution < 1.29 is 9.53 Å². The maximum atomic E-state index is 12.9. The predicted octanol–water partition coefficient (Wildman–Crippen LogP) is 6.12. The van der Waals surface area contributed by atoms with Gasteiger partial charge in [0, 0.05) is 29.7 Å². The van der Waals surface area contributed by atoms with E-state index >= 15 is 0 Å². The SMILES string of the molecule is O=C(COc1ccccc1)N1CCN(c2ccc(Cl)cc2Cl)[C@H](c2ccc(Cl)cc2)C1. The molecule has 1 heterocycles. The van der Waals surface area contributed by atoms with Crippen LogP contribution in [-0.2, 0) is 4.79 Å². The van der Waals surface area contributed by atoms with Crippen molar-refractivity contribution in [2.24, 2.45) is 0 Å². The summed E-state index contributed by atoms with van der Waals surface area (Å²) in [5, 5.41) is 1.84. The van der Waals surface area contributed by atoms with Crippen molar-refractivity contribution >= 4 is 46.4 Å². The molecular formula is C24H21Cl3N2O2. The van der Waals surface area contributed by atoms with Crippen LogP contribution in [0.1, 0.15) is 11.6 Å². The first-order valence-corrected chi connectivity index (χ1v) is 11.1. The lowest BCUT2D eigenvalue weighted by Crippen LogP contribution is -2.51. The molecule has 0 aromatic heterocycles. The third kappa shape index (κ3) is 5.27. The van der Waals surface area contributed by atoms with Crippen molar-refractivity contribution in [1.29, 1.82) is 0 Å². The topological polar surface area (TPSA) is 32.8 Å². The van der Waals surface area contributed by atoms with Gasteiger partial charge in [-0.2, -0.15) is 0 Å². The zero-order valence-corrected chi connectivity index (χ0v) is 18.9. The summed E-state index contributed by atoms with van der Waals surface area (Å²) in [6.07, 6.45) is 0. The minimum Gasteiger partial charge on any atom is -0.484 e. The van der Waals surface area contributed by atoms with E-state index in [0.29, 0.717) is 40.5 Å². The van der Waals surface area contributed by atoms with Gasteiger partial charge in [-0.25, -0.2) is 0 Å². The molecule has 1 fully saturated rings. The molecule has 0 aliphatic carbocycles. The number of amides is 1. The summed E-state index contributed by atoms with van der Waals surface area (Å²) < 4.78 is 5.66. The van der Waals surface area contributed by atoms with Gasteiger partial charge in [0.05, 0.1) is 16.8 Å². The van der Waals surface area contributed by atoms with E-state index in [9.17, 15) is 4.79 Å². The normalized spacial score (nSPS) is 16.3. The van der Waals surface area contributed by atoms with Crippen molar-refractivity contribution in [1.82, 2.24) is 4.90 Å². The van der Waals surface area contributed by atoms with Crippen LogP contribution < -0.4 is 9.64 Å². The molecule has 1 saturated heterocycles. The van der Waals surface area contributed by atoms with Crippen molar-refractivity contribution in [2.45, 2.75) is 6.04 Å². The van der Waals surface area contributed by atoms with Crippen molar-refractivity contribution in [3.63, 3.8) is 0 Å². The van der Waals surface area contributed by atoms with Crippen LogP contribution in [0.4, 0.5) is 5.69 Å². The summed E-state index contributed by atoms with van der Waals surface area (Å²) in [5.74, 6) is 0.626. The predicted molar refractivity (Wildman–Crippen MR) is 127 cm³/mol. The molecule has 3 aromatic rings. The molecule has 0 saturated carbocycles. The zero-order chi connectivity index (χ0) is 21.8. The Kier molecular flexibility index (Phi) is 6.91. The third-order valence-electron chi connectivity index (χ3n) is 5.31. The number of piperazine rings is 1. The van der Waals surface area contributed by atoms with Gasteiger partial charge in [0.15, 0.2) is 6.61 Å². The number of para-hydroxylation sites is 1. The van der Waals surface area contributed by atoms with Crippen LogP contribution in [-0.4, -0.2) is 37.0 Å². The molecule has 0 bridgehead atoms. The maximum Gasteiger partial charge on any atom is 0.260 e. The molecule has 1 aliphatic heterocycles. The number of rotatable bonds is 5. The molecule has 31 heavy (non-hydrogen) atoms. The van der Waals surface area contributed by atoms with Crippen LogP contribution in [0, 0.1) is 0 Å². The fraction of sp³-hybridized carbons (Fsp3) is 0.208. The molecular weight excluding hydrogens is 455 g/mol. The summed E-state index contributed by atoms with van der Waals surface area (Å²) in [5.41, 5.74) is 1.94. The second-order valence-electron chi connectivity index (χ2n) is 7.30. The Balaban J connectivity index is 1.55. The average Bonchev–Trinajstić information content (AvgIpc) is 2.78. The van der Waals surface area contributed by atoms with E-state index < -0.39 is 0 Å². The molecule has 1 aliphatic rings. The van der Waals surface area contributed by atoms with Crippen molar-refractivity contribution in [2.75, 3.05) is 31.1 Å². The van der Waals surface area contributed by atoms with Gasteiger partial charge in [-0.1, -0.05) is 65.1 Å². The zero-order valence-electron chi connectivity index (χ0n) is 16.7. The monoisotopic (exact) mass is 474 g/mol. The molecule has 0 N–H and O–H groups in total. The molecule has 0 spiro atoms. The third-order valence-corrected chi connectivity index (χ3v) is 6.10. The lowest BCUT2D eigenvalue weighted by atomic mass is 10.0. The lowest BCUT2D eigenvalue weighted by Gasteiger charge is -2.43. The number of carbonyl (C=O) groups is 1. The molecule has 3 aromatic carbocycles. The Bertz CT molecular complexity index is 1040. The molecule has 0 radical (unpaired) electrons. The highest BCUT2D eigenvalue weighted by atomic mass is 35.5. The van der Waals surface area contributed by atoms with E-state index in [1.165, 1.54) is 0 Å². The van der Waals surface area contributed by atoms with Gasteiger partial charge in [0.1, 0.15) is 5.75 Å². The number of benzene rings is 3. The fourth-order valence-electron chi connectivity index (χ4n) is 3.74. The van der Waals surface area contributed by atoms with Gasteiger partial charge < -0.3 is 14.5 Å². The van der Waals surface area contributed by atoms with Crippen LogP contribution in [0.2, 0.25) is 15.1 Å². The number of halogens is 3. The van der Waals surface area contributed by atoms with Gasteiger partial charge in [-0.3, -0.25) is 4.79 Å². The van der Waals surface area contributed by atoms with E-state index in [4.69, 9.17) is 39.5 Å². The average molecular weight is 476 g/mol. The summed E-state index contributed by atoms with van der Waals surface area (Å²) in [6.45, 7) is 1.71. The van der Waals surface area contributed by atoms with Gasteiger partial charge in [-0.15, -0.1) is 0 Å². The van der Waals surface area contributed by atoms with Crippen LogP contribution in [0.15, 0.2) is 72.8 Å². The molecule has 4 rings (SSSR count). The highest BCUT2D eigenvalue weighted by Gasteiger charge is 2.32. The number of nitrogens with zero attached hydrogens (tertiary/aromatic N) is 2. The van der Waals surface area contributed by atoms with Gasteiger partial charge in [0.2, 0.25) is 0 Å². The number of carbonyl (C=O) groups excluding carboxylic acids is 1. The first-order valence-electron chi connectivity index (χ1n) is 9.94. The molecule has 4 nitrogen and oxygen atoms in total. The van der Waals surface area contributed by atoms with Gasteiger partial charge in [0.25, 0.3) is 5.91 Å². The summed E-state index contributed by atoms with van der Waals surface area (Å²) in [4.78, 5) is 16.9. The summed E-state index contributed by atoms with van der Waals surface area (Å²) >= 11 is 18.7. The Morgan fingerprint density at radius 1 is 0.903 bits per heavy atom. The van der Waals surface area contributed by atoms with Crippen LogP contribution in [0.5, 0.6) is 5.75 Å². The Hall–Kier alpha value is -2.40. The van der Waals surface area contributed by atoms with E-state index in [-0.39, 0.29) is 18.6 Å². The quantitative estimate of drug-likeness (QED) is 0.446. The Morgan fingerprint density at radius 2 is 1.61 bits per heavy atom. The van der Waals surface area contributed by atoms with Crippen molar-refractivity contribution in [3.05, 3.63) is 93.4 Å². The van der Waals surface area contributed by atoms with E-state index in [1.54, 1.807) is 6.07 Å². The summed E-state index contributed by atoms with van der Waals surface area (Å²) in [7, 11) is 0. The molecule has 7 heteroatoms. The Labute approximate surface area is 196 Å². The highest BCUT2D eigenvalue weighted by Crippen LogP contribution is 2.36. The summed E-state index contributed by atoms with van der Waals surface area (Å²) in [6, 6.07) is 22.4. The molecule has 0 unspecified atom stereocenters. The Morgan fingerprint density at radius 3 is 2.32 bits per heavy atom. The number of hydrogen-bond donors (Lipinski definition) is 0. The van der Waals surface area contributed by atoms with Crippen molar-refractivity contribution in [3.8, 4) is 5.75 Å². The highest BCUT2D eigenvalue weighted by molar-refractivity contribution is 6.36. The lowest BCUT2D eigenvalue weighted by molar-refractivity contribution is -0.134. The van der Waals surface area contributed by atoms with E-state index in [1.807, 2.05) is 71.6 Å². The molecule has 1 atom stereocenters.